The fourth-order valence-corrected chi connectivity index (χ4v) is 3.09. The van der Waals surface area contributed by atoms with Crippen molar-refractivity contribution in [1.29, 1.82) is 0 Å². The van der Waals surface area contributed by atoms with Crippen molar-refractivity contribution in [2.24, 2.45) is 5.73 Å². The number of ether oxygens (including phenoxy) is 2. The molecule has 2 aromatic carbocycles. The SMILES string of the molecule is COc1ccc(C=CC(=O)N2c3ccccc3CC2C(N)=O)cc1OC. The van der Waals surface area contributed by atoms with Crippen LogP contribution in [0.15, 0.2) is 48.5 Å². The summed E-state index contributed by atoms with van der Waals surface area (Å²) in [6, 6.07) is 12.1. The number of anilines is 1. The minimum atomic E-state index is -0.671. The van der Waals surface area contributed by atoms with Gasteiger partial charge in [0.1, 0.15) is 6.04 Å². The van der Waals surface area contributed by atoms with Crippen LogP contribution in [0, 0.1) is 0 Å². The van der Waals surface area contributed by atoms with Gasteiger partial charge in [0.05, 0.1) is 14.2 Å². The number of primary amides is 1. The van der Waals surface area contributed by atoms with Crippen LogP contribution >= 0.6 is 0 Å². The van der Waals surface area contributed by atoms with Crippen LogP contribution < -0.4 is 20.1 Å². The number of fused-ring (bicyclic) bond motifs is 1. The van der Waals surface area contributed by atoms with Crippen LogP contribution in [0.3, 0.4) is 0 Å². The predicted octanol–water partition coefficient (Wildman–Crippen LogP) is 2.16. The van der Waals surface area contributed by atoms with E-state index in [1.54, 1.807) is 32.4 Å². The van der Waals surface area contributed by atoms with Gasteiger partial charge >= 0.3 is 0 Å². The van der Waals surface area contributed by atoms with Gasteiger partial charge in [-0.05, 0) is 35.4 Å². The van der Waals surface area contributed by atoms with Crippen LogP contribution in [0.4, 0.5) is 5.69 Å². The van der Waals surface area contributed by atoms with Gasteiger partial charge in [-0.3, -0.25) is 14.5 Å². The lowest BCUT2D eigenvalue weighted by Gasteiger charge is -2.21. The zero-order valence-corrected chi connectivity index (χ0v) is 14.6. The first-order chi connectivity index (χ1) is 12.5. The smallest absolute Gasteiger partial charge is 0.251 e. The molecule has 0 fully saturated rings. The first kappa shape index (κ1) is 17.5. The molecule has 1 heterocycles. The molecule has 1 unspecified atom stereocenters. The second-order valence-electron chi connectivity index (χ2n) is 5.91. The average molecular weight is 352 g/mol. The highest BCUT2D eigenvalue weighted by Gasteiger charge is 2.36. The number of nitrogens with two attached hydrogens (primary N) is 1. The first-order valence-corrected chi connectivity index (χ1v) is 8.15. The van der Waals surface area contributed by atoms with Gasteiger partial charge in [0.25, 0.3) is 5.91 Å². The highest BCUT2D eigenvalue weighted by atomic mass is 16.5. The second kappa shape index (κ2) is 7.31. The summed E-state index contributed by atoms with van der Waals surface area (Å²) in [5.74, 6) is 0.365. The van der Waals surface area contributed by atoms with E-state index in [0.717, 1.165) is 16.8 Å². The molecular weight excluding hydrogens is 332 g/mol. The molecule has 26 heavy (non-hydrogen) atoms. The molecule has 3 rings (SSSR count). The third-order valence-corrected chi connectivity index (χ3v) is 4.37. The molecule has 0 saturated heterocycles. The summed E-state index contributed by atoms with van der Waals surface area (Å²) >= 11 is 0. The van der Waals surface area contributed by atoms with Crippen LogP contribution in [0.2, 0.25) is 0 Å². The third-order valence-electron chi connectivity index (χ3n) is 4.37. The fraction of sp³-hybridized carbons (Fsp3) is 0.200. The van der Waals surface area contributed by atoms with Gasteiger partial charge < -0.3 is 15.2 Å². The Kier molecular flexibility index (Phi) is 4.93. The molecule has 0 saturated carbocycles. The second-order valence-corrected chi connectivity index (χ2v) is 5.91. The molecule has 0 radical (unpaired) electrons. The summed E-state index contributed by atoms with van der Waals surface area (Å²) in [5.41, 5.74) is 7.93. The zero-order chi connectivity index (χ0) is 18.7. The minimum absolute atomic E-state index is 0.298. The molecule has 0 aromatic heterocycles. The number of para-hydroxylation sites is 1. The Balaban J connectivity index is 1.87. The van der Waals surface area contributed by atoms with Gasteiger partial charge in [0.15, 0.2) is 11.5 Å². The monoisotopic (exact) mass is 352 g/mol. The van der Waals surface area contributed by atoms with Crippen molar-refractivity contribution in [3.8, 4) is 11.5 Å². The molecule has 1 atom stereocenters. The summed E-state index contributed by atoms with van der Waals surface area (Å²) in [6.07, 6.45) is 3.53. The first-order valence-electron chi connectivity index (χ1n) is 8.15. The molecule has 2 N–H and O–H groups in total. The summed E-state index contributed by atoms with van der Waals surface area (Å²) in [5, 5.41) is 0. The normalized spacial score (nSPS) is 15.8. The van der Waals surface area contributed by atoms with E-state index in [2.05, 4.69) is 0 Å². The van der Waals surface area contributed by atoms with Crippen molar-refractivity contribution >= 4 is 23.6 Å². The third kappa shape index (κ3) is 3.26. The van der Waals surface area contributed by atoms with Crippen molar-refractivity contribution in [3.05, 3.63) is 59.7 Å². The Morgan fingerprint density at radius 3 is 2.54 bits per heavy atom. The molecule has 6 nitrogen and oxygen atoms in total. The number of hydrogen-bond donors (Lipinski definition) is 1. The van der Waals surface area contributed by atoms with Gasteiger partial charge in [-0.2, -0.15) is 0 Å². The zero-order valence-electron chi connectivity index (χ0n) is 14.6. The van der Waals surface area contributed by atoms with Crippen LogP contribution in [0.5, 0.6) is 11.5 Å². The number of carbonyl (C=O) groups is 2. The van der Waals surface area contributed by atoms with E-state index < -0.39 is 11.9 Å². The van der Waals surface area contributed by atoms with Crippen molar-refractivity contribution in [2.45, 2.75) is 12.5 Å². The summed E-state index contributed by atoms with van der Waals surface area (Å²) in [7, 11) is 3.11. The number of amides is 2. The highest BCUT2D eigenvalue weighted by molar-refractivity contribution is 6.09. The van der Waals surface area contributed by atoms with Crippen molar-refractivity contribution in [3.63, 3.8) is 0 Å². The lowest BCUT2D eigenvalue weighted by Crippen LogP contribution is -2.45. The Morgan fingerprint density at radius 1 is 1.12 bits per heavy atom. The quantitative estimate of drug-likeness (QED) is 0.836. The Bertz CT molecular complexity index is 876. The van der Waals surface area contributed by atoms with Crippen LogP contribution in [-0.4, -0.2) is 32.1 Å². The van der Waals surface area contributed by atoms with Crippen molar-refractivity contribution < 1.29 is 19.1 Å². The molecule has 2 amide bonds. The lowest BCUT2D eigenvalue weighted by atomic mass is 10.1. The van der Waals surface area contributed by atoms with E-state index in [0.29, 0.717) is 17.9 Å². The highest BCUT2D eigenvalue weighted by Crippen LogP contribution is 2.32. The Morgan fingerprint density at radius 2 is 1.85 bits per heavy atom. The van der Waals surface area contributed by atoms with Gasteiger partial charge in [0, 0.05) is 18.2 Å². The minimum Gasteiger partial charge on any atom is -0.493 e. The molecule has 2 aromatic rings. The van der Waals surface area contributed by atoms with Crippen LogP contribution in [-0.2, 0) is 16.0 Å². The number of hydrogen-bond acceptors (Lipinski definition) is 4. The summed E-state index contributed by atoms with van der Waals surface area (Å²) in [4.78, 5) is 26.0. The van der Waals surface area contributed by atoms with Gasteiger partial charge in [-0.15, -0.1) is 0 Å². The standard InChI is InChI=1S/C20H20N2O4/c1-25-17-9-7-13(11-18(17)26-2)8-10-19(23)22-15-6-4-3-5-14(15)12-16(22)20(21)24/h3-11,16H,12H2,1-2H3,(H2,21,24). The molecule has 134 valence electrons. The largest absolute Gasteiger partial charge is 0.493 e. The van der Waals surface area contributed by atoms with E-state index in [4.69, 9.17) is 15.2 Å². The fourth-order valence-electron chi connectivity index (χ4n) is 3.09. The number of methoxy groups -OCH3 is 2. The number of nitrogens with zero attached hydrogens (tertiary/aromatic N) is 1. The molecule has 0 bridgehead atoms. The van der Waals surface area contributed by atoms with Crippen molar-refractivity contribution in [2.75, 3.05) is 19.1 Å². The molecule has 0 spiro atoms. The van der Waals surface area contributed by atoms with E-state index in [-0.39, 0.29) is 5.91 Å². The lowest BCUT2D eigenvalue weighted by molar-refractivity contribution is -0.122. The van der Waals surface area contributed by atoms with Gasteiger partial charge in [-0.25, -0.2) is 0 Å². The Hall–Kier alpha value is -3.28. The van der Waals surface area contributed by atoms with E-state index in [1.165, 1.54) is 11.0 Å². The predicted molar refractivity (Wildman–Crippen MR) is 99.2 cm³/mol. The maximum absolute atomic E-state index is 12.7. The van der Waals surface area contributed by atoms with Crippen LogP contribution in [0.1, 0.15) is 11.1 Å². The molecule has 6 heteroatoms. The maximum atomic E-state index is 12.7. The topological polar surface area (TPSA) is 81.9 Å². The summed E-state index contributed by atoms with van der Waals surface area (Å²) < 4.78 is 10.5. The van der Waals surface area contributed by atoms with Crippen LogP contribution in [0.25, 0.3) is 6.08 Å². The number of rotatable bonds is 5. The summed E-state index contributed by atoms with van der Waals surface area (Å²) in [6.45, 7) is 0. The number of benzene rings is 2. The Labute approximate surface area is 151 Å². The molecule has 1 aliphatic rings. The molecule has 1 aliphatic heterocycles. The maximum Gasteiger partial charge on any atom is 0.251 e. The van der Waals surface area contributed by atoms with Gasteiger partial charge in [0.2, 0.25) is 5.91 Å². The van der Waals surface area contributed by atoms with E-state index >= 15 is 0 Å². The molecular formula is C20H20N2O4. The van der Waals surface area contributed by atoms with E-state index in [9.17, 15) is 9.59 Å². The van der Waals surface area contributed by atoms with Gasteiger partial charge in [-0.1, -0.05) is 24.3 Å². The van der Waals surface area contributed by atoms with Crippen molar-refractivity contribution in [1.82, 2.24) is 0 Å². The molecule has 0 aliphatic carbocycles. The number of carbonyl (C=O) groups excluding carboxylic acids is 2. The average Bonchev–Trinajstić information content (AvgIpc) is 3.05. The van der Waals surface area contributed by atoms with E-state index in [1.807, 2.05) is 30.3 Å².